The minimum Gasteiger partial charge on any atom is -0.352 e. The summed E-state index contributed by atoms with van der Waals surface area (Å²) in [5.74, 6) is 0.772. The molecule has 0 unspecified atom stereocenters. The summed E-state index contributed by atoms with van der Waals surface area (Å²) in [4.78, 5) is 14.3. The SMILES string of the molecule is CC(C)Nc1nc(Nc2ccc(C(F)(F)F)cc2)c2nc(Cc3c(Cl)cccc3Cl)sc2n1. The summed E-state index contributed by atoms with van der Waals surface area (Å²) in [7, 11) is 0. The van der Waals surface area contributed by atoms with Crippen LogP contribution in [0.1, 0.15) is 30.0 Å². The number of alkyl halides is 3. The Kier molecular flexibility index (Phi) is 6.65. The molecule has 0 saturated carbocycles. The second-order valence-corrected chi connectivity index (χ2v) is 9.41. The summed E-state index contributed by atoms with van der Waals surface area (Å²) in [6, 6.07) is 10.1. The van der Waals surface area contributed by atoms with E-state index >= 15 is 0 Å². The zero-order valence-corrected chi connectivity index (χ0v) is 19.8. The third-order valence-corrected chi connectivity index (χ3v) is 6.24. The molecule has 0 fully saturated rings. The summed E-state index contributed by atoms with van der Waals surface area (Å²) in [6.45, 7) is 3.90. The van der Waals surface area contributed by atoms with Gasteiger partial charge in [-0.15, -0.1) is 0 Å². The Balaban J connectivity index is 1.72. The molecule has 4 rings (SSSR count). The molecule has 0 spiro atoms. The number of thiazole rings is 1. The minimum atomic E-state index is -4.40. The number of aromatic nitrogens is 3. The Hall–Kier alpha value is -2.62. The van der Waals surface area contributed by atoms with Gasteiger partial charge in [0, 0.05) is 28.2 Å². The minimum absolute atomic E-state index is 0.0793. The number of hydrogen-bond acceptors (Lipinski definition) is 6. The third-order valence-electron chi connectivity index (χ3n) is 4.59. The van der Waals surface area contributed by atoms with Gasteiger partial charge in [-0.1, -0.05) is 40.6 Å². The van der Waals surface area contributed by atoms with Crippen LogP contribution in [0.25, 0.3) is 10.3 Å². The number of hydrogen-bond donors (Lipinski definition) is 2. The van der Waals surface area contributed by atoms with Crippen LogP contribution in [0.3, 0.4) is 0 Å². The Morgan fingerprint density at radius 1 is 0.970 bits per heavy atom. The van der Waals surface area contributed by atoms with E-state index in [1.807, 2.05) is 13.8 Å². The van der Waals surface area contributed by atoms with Gasteiger partial charge in [-0.05, 0) is 55.8 Å². The van der Waals surface area contributed by atoms with Crippen molar-refractivity contribution >= 4 is 62.3 Å². The third kappa shape index (κ3) is 5.48. The lowest BCUT2D eigenvalue weighted by molar-refractivity contribution is -0.137. The van der Waals surface area contributed by atoms with Crippen molar-refractivity contribution < 1.29 is 13.2 Å². The van der Waals surface area contributed by atoms with Gasteiger partial charge in [-0.3, -0.25) is 0 Å². The van der Waals surface area contributed by atoms with E-state index in [2.05, 4.69) is 25.6 Å². The molecule has 2 N–H and O–H groups in total. The standard InChI is InChI=1S/C22H18Cl2F3N5S/c1-11(2)28-21-31-19(29-13-8-6-12(7-9-13)22(25,26)27)18-20(32-21)33-17(30-18)10-14-15(23)4-3-5-16(14)24/h3-9,11H,10H2,1-2H3,(H2,28,29,31,32). The Morgan fingerprint density at radius 2 is 1.64 bits per heavy atom. The molecule has 0 atom stereocenters. The highest BCUT2D eigenvalue weighted by molar-refractivity contribution is 7.18. The summed E-state index contributed by atoms with van der Waals surface area (Å²) >= 11 is 14.0. The van der Waals surface area contributed by atoms with Crippen molar-refractivity contribution in [1.29, 1.82) is 0 Å². The number of nitrogens with one attached hydrogen (secondary N) is 2. The van der Waals surface area contributed by atoms with Crippen LogP contribution in [0, 0.1) is 0 Å². The second kappa shape index (κ2) is 9.32. The maximum Gasteiger partial charge on any atom is 0.416 e. The van der Waals surface area contributed by atoms with Crippen molar-refractivity contribution in [3.8, 4) is 0 Å². The number of halogens is 5. The molecule has 33 heavy (non-hydrogen) atoms. The zero-order valence-electron chi connectivity index (χ0n) is 17.5. The molecule has 2 aromatic heterocycles. The molecule has 0 saturated heterocycles. The van der Waals surface area contributed by atoms with Crippen LogP contribution in [0.5, 0.6) is 0 Å². The highest BCUT2D eigenvalue weighted by Crippen LogP contribution is 2.34. The van der Waals surface area contributed by atoms with Gasteiger partial charge in [0.15, 0.2) is 10.6 Å². The van der Waals surface area contributed by atoms with Crippen LogP contribution >= 0.6 is 34.5 Å². The lowest BCUT2D eigenvalue weighted by Gasteiger charge is -2.12. The van der Waals surface area contributed by atoms with E-state index < -0.39 is 11.7 Å². The summed E-state index contributed by atoms with van der Waals surface area (Å²) in [5, 5.41) is 8.04. The molecule has 2 aromatic carbocycles. The summed E-state index contributed by atoms with van der Waals surface area (Å²) < 4.78 is 38.7. The predicted molar refractivity (Wildman–Crippen MR) is 128 cm³/mol. The smallest absolute Gasteiger partial charge is 0.352 e. The topological polar surface area (TPSA) is 62.7 Å². The highest BCUT2D eigenvalue weighted by atomic mass is 35.5. The second-order valence-electron chi connectivity index (χ2n) is 7.53. The first-order valence-electron chi connectivity index (χ1n) is 9.91. The fourth-order valence-corrected chi connectivity index (χ4v) is 4.56. The quantitative estimate of drug-likeness (QED) is 0.279. The van der Waals surface area contributed by atoms with Crippen LogP contribution in [0.2, 0.25) is 10.0 Å². The van der Waals surface area contributed by atoms with Crippen molar-refractivity contribution in [3.63, 3.8) is 0 Å². The van der Waals surface area contributed by atoms with Gasteiger partial charge in [0.1, 0.15) is 10.5 Å². The lowest BCUT2D eigenvalue weighted by atomic mass is 10.1. The van der Waals surface area contributed by atoms with Gasteiger partial charge >= 0.3 is 6.18 Å². The van der Waals surface area contributed by atoms with Gasteiger partial charge in [-0.25, -0.2) is 9.97 Å². The maximum absolute atomic E-state index is 12.9. The fraction of sp³-hybridized carbons (Fsp3) is 0.227. The number of anilines is 3. The first-order valence-corrected chi connectivity index (χ1v) is 11.5. The van der Waals surface area contributed by atoms with Crippen molar-refractivity contribution in [2.45, 2.75) is 32.5 Å². The van der Waals surface area contributed by atoms with Gasteiger partial charge in [0.05, 0.1) is 5.56 Å². The summed E-state index contributed by atoms with van der Waals surface area (Å²) in [5.41, 5.74) is 0.982. The largest absolute Gasteiger partial charge is 0.416 e. The average molecular weight is 512 g/mol. The first-order chi connectivity index (χ1) is 15.6. The molecular formula is C22H18Cl2F3N5S. The molecule has 172 valence electrons. The molecule has 0 aliphatic carbocycles. The van der Waals surface area contributed by atoms with Crippen molar-refractivity contribution in [1.82, 2.24) is 15.0 Å². The fourth-order valence-electron chi connectivity index (χ4n) is 3.08. The zero-order chi connectivity index (χ0) is 23.8. The monoisotopic (exact) mass is 511 g/mol. The normalized spacial score (nSPS) is 11.9. The molecule has 2 heterocycles. The van der Waals surface area contributed by atoms with E-state index in [1.165, 1.54) is 23.5 Å². The Labute approximate surface area is 202 Å². The van der Waals surface area contributed by atoms with Gasteiger partial charge < -0.3 is 10.6 Å². The average Bonchev–Trinajstić information content (AvgIpc) is 3.13. The van der Waals surface area contributed by atoms with E-state index in [0.717, 1.165) is 22.7 Å². The number of rotatable bonds is 6. The van der Waals surface area contributed by atoms with E-state index in [4.69, 9.17) is 23.2 Å². The van der Waals surface area contributed by atoms with Crippen LogP contribution in [-0.4, -0.2) is 21.0 Å². The molecule has 4 aromatic rings. The lowest BCUT2D eigenvalue weighted by Crippen LogP contribution is -2.13. The molecule has 0 aliphatic rings. The van der Waals surface area contributed by atoms with Crippen LogP contribution in [0.4, 0.5) is 30.6 Å². The van der Waals surface area contributed by atoms with Crippen molar-refractivity contribution in [2.24, 2.45) is 0 Å². The maximum atomic E-state index is 12.9. The molecule has 0 aliphatic heterocycles. The molecule has 5 nitrogen and oxygen atoms in total. The number of benzene rings is 2. The van der Waals surface area contributed by atoms with Crippen molar-refractivity contribution in [3.05, 3.63) is 68.6 Å². The first kappa shape index (κ1) is 23.5. The van der Waals surface area contributed by atoms with E-state index in [-0.39, 0.29) is 6.04 Å². The van der Waals surface area contributed by atoms with Crippen LogP contribution in [-0.2, 0) is 12.6 Å². The predicted octanol–water partition coefficient (Wildman–Crippen LogP) is 7.57. The molecular weight excluding hydrogens is 494 g/mol. The number of nitrogens with zero attached hydrogens (tertiary/aromatic N) is 3. The van der Waals surface area contributed by atoms with E-state index in [9.17, 15) is 13.2 Å². The van der Waals surface area contributed by atoms with Crippen LogP contribution in [0.15, 0.2) is 42.5 Å². The molecule has 0 radical (unpaired) electrons. The molecule has 0 bridgehead atoms. The highest BCUT2D eigenvalue weighted by Gasteiger charge is 2.30. The number of fused-ring (bicyclic) bond motifs is 1. The van der Waals surface area contributed by atoms with Crippen molar-refractivity contribution in [2.75, 3.05) is 10.6 Å². The molecule has 11 heteroatoms. The Bertz CT molecular complexity index is 1270. The molecule has 0 amide bonds. The Morgan fingerprint density at radius 3 is 2.24 bits per heavy atom. The van der Waals surface area contributed by atoms with Gasteiger partial charge in [0.2, 0.25) is 5.95 Å². The van der Waals surface area contributed by atoms with Gasteiger partial charge in [0.25, 0.3) is 0 Å². The van der Waals surface area contributed by atoms with Gasteiger partial charge in [-0.2, -0.15) is 18.2 Å². The summed E-state index contributed by atoms with van der Waals surface area (Å²) in [6.07, 6.45) is -3.99. The van der Waals surface area contributed by atoms with Crippen LogP contribution < -0.4 is 10.6 Å². The van der Waals surface area contributed by atoms with E-state index in [1.54, 1.807) is 18.2 Å². The van der Waals surface area contributed by atoms with E-state index in [0.29, 0.717) is 44.3 Å².